The van der Waals surface area contributed by atoms with Gasteiger partial charge in [-0.15, -0.1) is 10.2 Å². The summed E-state index contributed by atoms with van der Waals surface area (Å²) in [6, 6.07) is 3.06. The summed E-state index contributed by atoms with van der Waals surface area (Å²) in [5, 5.41) is 14.3. The molecule has 0 aromatic carbocycles. The highest BCUT2D eigenvalue weighted by molar-refractivity contribution is 6.03. The lowest BCUT2D eigenvalue weighted by molar-refractivity contribution is 0.102. The molecule has 94 valence electrons. The summed E-state index contributed by atoms with van der Waals surface area (Å²) >= 11 is 0. The number of nitrogens with one attached hydrogen (secondary N) is 1. The number of nitrogens with zero attached hydrogens (tertiary/aromatic N) is 4. The van der Waals surface area contributed by atoms with Gasteiger partial charge in [-0.3, -0.25) is 9.48 Å². The number of aryl methyl sites for hydroxylation is 2. The van der Waals surface area contributed by atoms with E-state index in [4.69, 9.17) is 5.73 Å². The van der Waals surface area contributed by atoms with E-state index in [1.54, 1.807) is 17.9 Å². The van der Waals surface area contributed by atoms with Crippen molar-refractivity contribution < 1.29 is 4.79 Å². The Morgan fingerprint density at radius 2 is 2.22 bits per heavy atom. The molecule has 18 heavy (non-hydrogen) atoms. The molecule has 0 unspecified atom stereocenters. The van der Waals surface area contributed by atoms with E-state index >= 15 is 0 Å². The van der Waals surface area contributed by atoms with Crippen LogP contribution in [0, 0.1) is 0 Å². The van der Waals surface area contributed by atoms with Crippen molar-refractivity contribution in [2.45, 2.75) is 13.3 Å². The molecule has 0 spiro atoms. The largest absolute Gasteiger partial charge is 0.382 e. The van der Waals surface area contributed by atoms with Crippen LogP contribution in [0.15, 0.2) is 18.3 Å². The first-order valence-corrected chi connectivity index (χ1v) is 5.53. The van der Waals surface area contributed by atoms with Gasteiger partial charge >= 0.3 is 0 Å². The quantitative estimate of drug-likeness (QED) is 0.826. The molecule has 0 bridgehead atoms. The topological polar surface area (TPSA) is 98.7 Å². The Balaban J connectivity index is 2.18. The van der Waals surface area contributed by atoms with Crippen LogP contribution < -0.4 is 11.1 Å². The molecule has 2 rings (SSSR count). The summed E-state index contributed by atoms with van der Waals surface area (Å²) in [4.78, 5) is 11.9. The van der Waals surface area contributed by atoms with Crippen molar-refractivity contribution in [3.05, 3.63) is 29.7 Å². The molecular formula is C11H14N6O. The predicted molar refractivity (Wildman–Crippen MR) is 67.0 cm³/mol. The Hall–Kier alpha value is -2.44. The van der Waals surface area contributed by atoms with Crippen molar-refractivity contribution in [2.75, 3.05) is 11.1 Å². The summed E-state index contributed by atoms with van der Waals surface area (Å²) in [6.07, 6.45) is 2.49. The van der Waals surface area contributed by atoms with Crippen LogP contribution >= 0.6 is 0 Å². The zero-order valence-corrected chi connectivity index (χ0v) is 10.2. The number of nitrogens with two attached hydrogens (primary N) is 1. The third-order valence-corrected chi connectivity index (χ3v) is 2.41. The van der Waals surface area contributed by atoms with Gasteiger partial charge in [-0.25, -0.2) is 0 Å². The van der Waals surface area contributed by atoms with Gasteiger partial charge in [0.15, 0.2) is 5.69 Å². The molecule has 0 fully saturated rings. The lowest BCUT2D eigenvalue weighted by Crippen LogP contribution is -2.15. The second kappa shape index (κ2) is 4.82. The van der Waals surface area contributed by atoms with Crippen molar-refractivity contribution >= 4 is 17.4 Å². The van der Waals surface area contributed by atoms with Crippen molar-refractivity contribution in [3.8, 4) is 0 Å². The first kappa shape index (κ1) is 12.0. The third kappa shape index (κ3) is 2.45. The smallest absolute Gasteiger partial charge is 0.276 e. The third-order valence-electron chi connectivity index (χ3n) is 2.41. The molecule has 0 radical (unpaired) electrons. The van der Waals surface area contributed by atoms with Crippen LogP contribution in [0.1, 0.15) is 23.1 Å². The van der Waals surface area contributed by atoms with Crippen molar-refractivity contribution in [1.29, 1.82) is 0 Å². The van der Waals surface area contributed by atoms with Crippen molar-refractivity contribution in [1.82, 2.24) is 20.0 Å². The fourth-order valence-corrected chi connectivity index (χ4v) is 1.55. The lowest BCUT2D eigenvalue weighted by atomic mass is 10.3. The molecule has 0 aliphatic heterocycles. The molecule has 2 aromatic rings. The van der Waals surface area contributed by atoms with Crippen molar-refractivity contribution in [3.63, 3.8) is 0 Å². The van der Waals surface area contributed by atoms with Gasteiger partial charge in [0.2, 0.25) is 0 Å². The molecule has 2 aromatic heterocycles. The average molecular weight is 246 g/mol. The number of amides is 1. The number of anilines is 2. The van der Waals surface area contributed by atoms with Crippen LogP contribution in [0.3, 0.4) is 0 Å². The van der Waals surface area contributed by atoms with Crippen molar-refractivity contribution in [2.24, 2.45) is 7.05 Å². The van der Waals surface area contributed by atoms with Gasteiger partial charge in [-0.1, -0.05) is 6.92 Å². The average Bonchev–Trinajstić information content (AvgIpc) is 2.70. The molecule has 0 atom stereocenters. The molecule has 2 heterocycles. The molecular weight excluding hydrogens is 232 g/mol. The van der Waals surface area contributed by atoms with Crippen LogP contribution in [-0.4, -0.2) is 25.9 Å². The molecule has 0 saturated carbocycles. The summed E-state index contributed by atoms with van der Waals surface area (Å²) in [5.41, 5.74) is 7.14. The summed E-state index contributed by atoms with van der Waals surface area (Å²) in [5.74, 6) is -0.0487. The molecule has 0 aliphatic carbocycles. The van der Waals surface area contributed by atoms with E-state index in [2.05, 4.69) is 20.6 Å². The maximum atomic E-state index is 11.9. The Morgan fingerprint density at radius 1 is 1.44 bits per heavy atom. The summed E-state index contributed by atoms with van der Waals surface area (Å²) < 4.78 is 1.66. The monoisotopic (exact) mass is 246 g/mol. The number of rotatable bonds is 3. The Kier molecular flexibility index (Phi) is 3.22. The van der Waals surface area contributed by atoms with Crippen LogP contribution in [-0.2, 0) is 13.5 Å². The highest BCUT2D eigenvalue weighted by Gasteiger charge is 2.12. The molecule has 0 aliphatic rings. The fourth-order valence-electron chi connectivity index (χ4n) is 1.55. The van der Waals surface area contributed by atoms with Crippen LogP contribution in [0.25, 0.3) is 0 Å². The Labute approximate surface area is 104 Å². The molecule has 0 saturated heterocycles. The molecule has 7 nitrogen and oxygen atoms in total. The number of nitrogen functional groups attached to an aromatic ring is 1. The first-order chi connectivity index (χ1) is 8.60. The van der Waals surface area contributed by atoms with E-state index in [0.29, 0.717) is 5.69 Å². The highest BCUT2D eigenvalue weighted by Crippen LogP contribution is 2.14. The zero-order chi connectivity index (χ0) is 13.1. The standard InChI is InChI=1S/C11H14N6O/c1-3-7-9(6-17(2)16-7)13-11(18)8-4-5-10(12)15-14-8/h4-6H,3H2,1-2H3,(H2,12,15)(H,13,18). The minimum atomic E-state index is -0.329. The SMILES string of the molecule is CCc1nn(C)cc1NC(=O)c1ccc(N)nn1. The maximum absolute atomic E-state index is 11.9. The van der Waals surface area contributed by atoms with Gasteiger partial charge in [-0.05, 0) is 18.6 Å². The highest BCUT2D eigenvalue weighted by atomic mass is 16.1. The summed E-state index contributed by atoms with van der Waals surface area (Å²) in [7, 11) is 1.80. The van der Waals surface area contributed by atoms with E-state index in [9.17, 15) is 4.79 Å². The molecule has 3 N–H and O–H groups in total. The Morgan fingerprint density at radius 3 is 2.83 bits per heavy atom. The molecule has 7 heteroatoms. The minimum Gasteiger partial charge on any atom is -0.382 e. The number of hydrogen-bond acceptors (Lipinski definition) is 5. The van der Waals surface area contributed by atoms with Crippen LogP contribution in [0.5, 0.6) is 0 Å². The van der Waals surface area contributed by atoms with E-state index in [1.165, 1.54) is 12.1 Å². The number of hydrogen-bond donors (Lipinski definition) is 2. The second-order valence-corrected chi connectivity index (χ2v) is 3.81. The number of aromatic nitrogens is 4. The zero-order valence-electron chi connectivity index (χ0n) is 10.2. The van der Waals surface area contributed by atoms with Gasteiger partial charge in [0.25, 0.3) is 5.91 Å². The maximum Gasteiger partial charge on any atom is 0.276 e. The van der Waals surface area contributed by atoms with Gasteiger partial charge in [-0.2, -0.15) is 5.10 Å². The van der Waals surface area contributed by atoms with Gasteiger partial charge < -0.3 is 11.1 Å². The van der Waals surface area contributed by atoms with Gasteiger partial charge in [0.05, 0.1) is 11.4 Å². The Bertz CT molecular complexity index is 559. The lowest BCUT2D eigenvalue weighted by Gasteiger charge is -2.03. The normalized spacial score (nSPS) is 10.3. The van der Waals surface area contributed by atoms with E-state index in [0.717, 1.165) is 12.1 Å². The van der Waals surface area contributed by atoms with E-state index in [1.807, 2.05) is 6.92 Å². The predicted octanol–water partition coefficient (Wildman–Crippen LogP) is 0.607. The fraction of sp³-hybridized carbons (Fsp3) is 0.273. The van der Waals surface area contributed by atoms with Gasteiger partial charge in [0.1, 0.15) is 5.82 Å². The molecule has 1 amide bonds. The number of carbonyl (C=O) groups is 1. The first-order valence-electron chi connectivity index (χ1n) is 5.53. The van der Waals surface area contributed by atoms with Crippen LogP contribution in [0.2, 0.25) is 0 Å². The summed E-state index contributed by atoms with van der Waals surface area (Å²) in [6.45, 7) is 1.97. The second-order valence-electron chi connectivity index (χ2n) is 3.81. The number of carbonyl (C=O) groups excluding carboxylic acids is 1. The van der Waals surface area contributed by atoms with E-state index in [-0.39, 0.29) is 17.4 Å². The van der Waals surface area contributed by atoms with E-state index < -0.39 is 0 Å². The minimum absolute atomic E-state index is 0.218. The van der Waals surface area contributed by atoms with Gasteiger partial charge in [0, 0.05) is 13.2 Å². The van der Waals surface area contributed by atoms with Crippen LogP contribution in [0.4, 0.5) is 11.5 Å².